The lowest BCUT2D eigenvalue weighted by Crippen LogP contribution is -2.36. The van der Waals surface area contributed by atoms with E-state index in [1.807, 2.05) is 0 Å². The molecule has 1 rings (SSSR count). The molecule has 0 fully saturated rings. The molecule has 1 heterocycles. The third-order valence-electron chi connectivity index (χ3n) is 2.19. The third-order valence-corrected chi connectivity index (χ3v) is 2.19. The number of hydrogen-bond acceptors (Lipinski definition) is 5. The first-order chi connectivity index (χ1) is 8.04. The maximum Gasteiger partial charge on any atom is 0.273 e. The molecule has 6 heteroatoms. The zero-order valence-electron chi connectivity index (χ0n) is 10.3. The van der Waals surface area contributed by atoms with Crippen LogP contribution >= 0.6 is 0 Å². The first-order valence-corrected chi connectivity index (χ1v) is 5.25. The minimum atomic E-state index is -0.702. The highest BCUT2D eigenvalue weighted by Crippen LogP contribution is 2.00. The van der Waals surface area contributed by atoms with E-state index in [4.69, 9.17) is 4.74 Å². The first-order valence-electron chi connectivity index (χ1n) is 5.25. The number of hydrogen-bond donors (Lipinski definition) is 1. The fourth-order valence-corrected chi connectivity index (χ4v) is 1.34. The van der Waals surface area contributed by atoms with Crippen LogP contribution in [0.3, 0.4) is 0 Å². The van der Waals surface area contributed by atoms with Crippen LogP contribution < -0.4 is 0 Å². The second-order valence-electron chi connectivity index (χ2n) is 3.84. The standard InChI is InChI=1S/C11H17N3O3/c1-8-4-13-10(5-12-8)11(16)14(2)6-9(15)7-17-3/h4-5,9,15H,6-7H2,1-3H3. The summed E-state index contributed by atoms with van der Waals surface area (Å²) in [6, 6.07) is 0. The van der Waals surface area contributed by atoms with Crippen LogP contribution in [-0.4, -0.2) is 59.3 Å². The van der Waals surface area contributed by atoms with E-state index in [9.17, 15) is 9.90 Å². The van der Waals surface area contributed by atoms with Gasteiger partial charge in [0.2, 0.25) is 0 Å². The highest BCUT2D eigenvalue weighted by atomic mass is 16.5. The fraction of sp³-hybridized carbons (Fsp3) is 0.545. The largest absolute Gasteiger partial charge is 0.389 e. The average Bonchev–Trinajstić information content (AvgIpc) is 2.29. The lowest BCUT2D eigenvalue weighted by molar-refractivity contribution is 0.0377. The van der Waals surface area contributed by atoms with Crippen molar-refractivity contribution < 1.29 is 14.6 Å². The third kappa shape index (κ3) is 4.08. The number of aliphatic hydroxyl groups is 1. The molecule has 1 unspecified atom stereocenters. The summed E-state index contributed by atoms with van der Waals surface area (Å²) in [5.41, 5.74) is 1.02. The van der Waals surface area contributed by atoms with Gasteiger partial charge in [-0.3, -0.25) is 9.78 Å². The number of ether oxygens (including phenoxy) is 1. The van der Waals surface area contributed by atoms with Gasteiger partial charge in [-0.25, -0.2) is 4.98 Å². The van der Waals surface area contributed by atoms with E-state index >= 15 is 0 Å². The van der Waals surface area contributed by atoms with Crippen molar-refractivity contribution in [3.63, 3.8) is 0 Å². The number of rotatable bonds is 5. The molecule has 0 aliphatic heterocycles. The quantitative estimate of drug-likeness (QED) is 0.774. The molecular formula is C11H17N3O3. The van der Waals surface area contributed by atoms with Crippen molar-refractivity contribution in [1.82, 2.24) is 14.9 Å². The Morgan fingerprint density at radius 1 is 1.53 bits per heavy atom. The molecule has 17 heavy (non-hydrogen) atoms. The lowest BCUT2D eigenvalue weighted by atomic mass is 10.3. The van der Waals surface area contributed by atoms with Gasteiger partial charge in [0.1, 0.15) is 5.69 Å². The molecule has 0 saturated heterocycles. The SMILES string of the molecule is COCC(O)CN(C)C(=O)c1cnc(C)cn1. The number of amides is 1. The number of carbonyl (C=O) groups excluding carboxylic acids is 1. The van der Waals surface area contributed by atoms with Crippen molar-refractivity contribution in [2.75, 3.05) is 27.3 Å². The monoisotopic (exact) mass is 239 g/mol. The molecular weight excluding hydrogens is 222 g/mol. The van der Waals surface area contributed by atoms with Crippen molar-refractivity contribution in [2.24, 2.45) is 0 Å². The zero-order valence-corrected chi connectivity index (χ0v) is 10.3. The fourth-order valence-electron chi connectivity index (χ4n) is 1.34. The number of likely N-dealkylation sites (N-methyl/N-ethyl adjacent to an activating group) is 1. The Morgan fingerprint density at radius 2 is 2.24 bits per heavy atom. The van der Waals surface area contributed by atoms with Crippen LogP contribution in [0.5, 0.6) is 0 Å². The summed E-state index contributed by atoms with van der Waals surface area (Å²) >= 11 is 0. The van der Waals surface area contributed by atoms with E-state index in [1.165, 1.54) is 24.4 Å². The van der Waals surface area contributed by atoms with Crippen molar-refractivity contribution in [3.8, 4) is 0 Å². The molecule has 0 aliphatic rings. The molecule has 0 bridgehead atoms. The van der Waals surface area contributed by atoms with Gasteiger partial charge in [-0.1, -0.05) is 0 Å². The second-order valence-corrected chi connectivity index (χ2v) is 3.84. The molecule has 1 atom stereocenters. The summed E-state index contributed by atoms with van der Waals surface area (Å²) in [7, 11) is 3.10. The van der Waals surface area contributed by atoms with Crippen molar-refractivity contribution in [2.45, 2.75) is 13.0 Å². The Kier molecular flexibility index (Phi) is 4.99. The zero-order chi connectivity index (χ0) is 12.8. The maximum absolute atomic E-state index is 11.9. The Hall–Kier alpha value is -1.53. The van der Waals surface area contributed by atoms with Gasteiger partial charge in [-0.15, -0.1) is 0 Å². The van der Waals surface area contributed by atoms with Crippen LogP contribution in [0.1, 0.15) is 16.2 Å². The smallest absolute Gasteiger partial charge is 0.273 e. The summed E-state index contributed by atoms with van der Waals surface area (Å²) in [5.74, 6) is -0.271. The van der Waals surface area contributed by atoms with E-state index in [2.05, 4.69) is 9.97 Å². The summed E-state index contributed by atoms with van der Waals surface area (Å²) in [5, 5.41) is 9.50. The van der Waals surface area contributed by atoms with Crippen LogP contribution in [0.15, 0.2) is 12.4 Å². The summed E-state index contributed by atoms with van der Waals surface area (Å²) in [6.45, 7) is 2.19. The number of carbonyl (C=O) groups is 1. The predicted octanol–water partition coefficient (Wildman–Crippen LogP) is -0.136. The number of aromatic nitrogens is 2. The first kappa shape index (κ1) is 13.5. The number of nitrogens with zero attached hydrogens (tertiary/aromatic N) is 3. The summed E-state index contributed by atoms with van der Waals surface area (Å²) in [6.07, 6.45) is 2.26. The highest BCUT2D eigenvalue weighted by molar-refractivity contribution is 5.91. The Labute approximate surface area is 100 Å². The number of methoxy groups -OCH3 is 1. The minimum absolute atomic E-state index is 0.192. The molecule has 1 aromatic heterocycles. The lowest BCUT2D eigenvalue weighted by Gasteiger charge is -2.19. The van der Waals surface area contributed by atoms with Gasteiger partial charge in [-0.2, -0.15) is 0 Å². The van der Waals surface area contributed by atoms with Crippen molar-refractivity contribution >= 4 is 5.91 Å². The van der Waals surface area contributed by atoms with Crippen LogP contribution in [0, 0.1) is 6.92 Å². The molecule has 1 aromatic rings. The molecule has 94 valence electrons. The normalized spacial score (nSPS) is 12.2. The second kappa shape index (κ2) is 6.27. The van der Waals surface area contributed by atoms with Gasteiger partial charge in [0.15, 0.2) is 0 Å². The molecule has 0 aliphatic carbocycles. The number of aliphatic hydroxyl groups excluding tert-OH is 1. The molecule has 1 amide bonds. The van der Waals surface area contributed by atoms with Gasteiger partial charge in [0.25, 0.3) is 5.91 Å². The molecule has 0 saturated carbocycles. The summed E-state index contributed by atoms with van der Waals surface area (Å²) < 4.78 is 4.79. The Balaban J connectivity index is 2.60. The Morgan fingerprint density at radius 3 is 2.76 bits per heavy atom. The van der Waals surface area contributed by atoms with Crippen LogP contribution in [0.2, 0.25) is 0 Å². The summed E-state index contributed by atoms with van der Waals surface area (Å²) in [4.78, 5) is 21.2. The minimum Gasteiger partial charge on any atom is -0.389 e. The molecule has 0 spiro atoms. The van der Waals surface area contributed by atoms with Crippen molar-refractivity contribution in [1.29, 1.82) is 0 Å². The van der Waals surface area contributed by atoms with Gasteiger partial charge < -0.3 is 14.7 Å². The van der Waals surface area contributed by atoms with E-state index in [1.54, 1.807) is 14.0 Å². The van der Waals surface area contributed by atoms with Gasteiger partial charge in [0, 0.05) is 26.9 Å². The number of aryl methyl sites for hydroxylation is 1. The molecule has 1 N–H and O–H groups in total. The van der Waals surface area contributed by atoms with E-state index in [0.29, 0.717) is 0 Å². The highest BCUT2D eigenvalue weighted by Gasteiger charge is 2.16. The molecule has 6 nitrogen and oxygen atoms in total. The van der Waals surface area contributed by atoms with E-state index in [-0.39, 0.29) is 24.8 Å². The van der Waals surface area contributed by atoms with E-state index < -0.39 is 6.10 Å². The topological polar surface area (TPSA) is 75.6 Å². The van der Waals surface area contributed by atoms with E-state index in [0.717, 1.165) is 5.69 Å². The van der Waals surface area contributed by atoms with Gasteiger partial charge in [0.05, 0.1) is 24.6 Å². The maximum atomic E-state index is 11.9. The molecule has 0 aromatic carbocycles. The van der Waals surface area contributed by atoms with Gasteiger partial charge in [-0.05, 0) is 6.92 Å². The Bertz CT molecular complexity index is 367. The predicted molar refractivity (Wildman–Crippen MR) is 61.6 cm³/mol. The molecule has 0 radical (unpaired) electrons. The van der Waals surface area contributed by atoms with Crippen LogP contribution in [0.4, 0.5) is 0 Å². The van der Waals surface area contributed by atoms with Crippen molar-refractivity contribution in [3.05, 3.63) is 23.8 Å². The average molecular weight is 239 g/mol. The van der Waals surface area contributed by atoms with Gasteiger partial charge >= 0.3 is 0 Å². The van der Waals surface area contributed by atoms with Crippen LogP contribution in [0.25, 0.3) is 0 Å². The van der Waals surface area contributed by atoms with Crippen LogP contribution in [-0.2, 0) is 4.74 Å².